The fourth-order valence-corrected chi connectivity index (χ4v) is 5.21. The van der Waals surface area contributed by atoms with Crippen molar-refractivity contribution in [2.45, 2.75) is 32.7 Å². The lowest BCUT2D eigenvalue weighted by molar-refractivity contribution is 0.275. The lowest BCUT2D eigenvalue weighted by Gasteiger charge is -2.39. The summed E-state index contributed by atoms with van der Waals surface area (Å²) >= 11 is 6.68. The van der Waals surface area contributed by atoms with Gasteiger partial charge in [0, 0.05) is 31.9 Å². The SMILES string of the molecule is CC(C)c1ncccc1-n1c(=O)nc(N2CCN(C)CC2C)c2cc(Cl)c(-c3c(O)cccc3F)nc21. The van der Waals surface area contributed by atoms with Gasteiger partial charge >= 0.3 is 5.69 Å². The summed E-state index contributed by atoms with van der Waals surface area (Å²) in [5.41, 5.74) is 0.878. The Bertz CT molecular complexity index is 1540. The number of anilines is 1. The smallest absolute Gasteiger partial charge is 0.355 e. The van der Waals surface area contributed by atoms with E-state index in [2.05, 4.69) is 33.7 Å². The number of hydrogen-bond acceptors (Lipinski definition) is 7. The molecule has 0 bridgehead atoms. The van der Waals surface area contributed by atoms with Crippen LogP contribution in [-0.2, 0) is 0 Å². The molecule has 0 radical (unpaired) electrons. The Kier molecular flexibility index (Phi) is 6.59. The Balaban J connectivity index is 1.87. The Morgan fingerprint density at radius 1 is 1.16 bits per heavy atom. The highest BCUT2D eigenvalue weighted by molar-refractivity contribution is 6.34. The molecule has 0 saturated carbocycles. The van der Waals surface area contributed by atoms with Crippen molar-refractivity contribution in [2.24, 2.45) is 0 Å². The number of aromatic nitrogens is 4. The highest BCUT2D eigenvalue weighted by Crippen LogP contribution is 2.38. The first-order valence-corrected chi connectivity index (χ1v) is 12.6. The molecule has 0 amide bonds. The van der Waals surface area contributed by atoms with Crippen molar-refractivity contribution in [1.29, 1.82) is 0 Å². The van der Waals surface area contributed by atoms with Gasteiger partial charge in [-0.3, -0.25) is 4.98 Å². The number of likely N-dealkylation sites (N-methyl/N-ethyl adjacent to an activating group) is 1. The number of phenols is 1. The van der Waals surface area contributed by atoms with Gasteiger partial charge in [-0.15, -0.1) is 0 Å². The average Bonchev–Trinajstić information content (AvgIpc) is 2.84. The Hall–Kier alpha value is -3.56. The molecule has 4 aromatic rings. The van der Waals surface area contributed by atoms with E-state index in [1.165, 1.54) is 22.8 Å². The quantitative estimate of drug-likeness (QED) is 0.419. The molecule has 0 aliphatic carbocycles. The Morgan fingerprint density at radius 2 is 1.95 bits per heavy atom. The largest absolute Gasteiger partial charge is 0.507 e. The molecule has 3 aromatic heterocycles. The van der Waals surface area contributed by atoms with Crippen LogP contribution in [0.4, 0.5) is 10.2 Å². The summed E-state index contributed by atoms with van der Waals surface area (Å²) in [6.07, 6.45) is 1.67. The van der Waals surface area contributed by atoms with Crippen molar-refractivity contribution in [2.75, 3.05) is 31.6 Å². The third kappa shape index (κ3) is 4.42. The molecule has 1 atom stereocenters. The van der Waals surface area contributed by atoms with Gasteiger partial charge < -0.3 is 14.9 Å². The number of piperazine rings is 1. The van der Waals surface area contributed by atoms with Gasteiger partial charge in [0.1, 0.15) is 17.4 Å². The molecule has 1 aliphatic heterocycles. The second-order valence-corrected chi connectivity index (χ2v) is 10.2. The minimum absolute atomic E-state index is 0.0119. The van der Waals surface area contributed by atoms with E-state index >= 15 is 0 Å². The standard InChI is InChI=1S/C27H28ClFN6O2/c1-15(2)23-20(8-6-10-30-23)35-26-17(25(32-27(35)37)34-12-11-33(4)14-16(34)3)13-18(28)24(31-26)22-19(29)7-5-9-21(22)36/h5-10,13,15-16,36H,11-12,14H2,1-4H3. The van der Waals surface area contributed by atoms with E-state index in [0.717, 1.165) is 13.1 Å². The molecule has 5 rings (SSSR count). The number of halogens is 2. The molecule has 4 heterocycles. The molecule has 1 aromatic carbocycles. The lowest BCUT2D eigenvalue weighted by atomic mass is 10.1. The van der Waals surface area contributed by atoms with Gasteiger partial charge in [0.25, 0.3) is 0 Å². The summed E-state index contributed by atoms with van der Waals surface area (Å²) in [5.74, 6) is -0.480. The Labute approximate surface area is 219 Å². The van der Waals surface area contributed by atoms with Gasteiger partial charge in [0.05, 0.1) is 33.0 Å². The summed E-state index contributed by atoms with van der Waals surface area (Å²) in [6, 6.07) is 9.28. The van der Waals surface area contributed by atoms with Crippen molar-refractivity contribution in [3.8, 4) is 22.7 Å². The van der Waals surface area contributed by atoms with Gasteiger partial charge in [0.2, 0.25) is 0 Å². The third-order valence-corrected chi connectivity index (χ3v) is 7.02. The summed E-state index contributed by atoms with van der Waals surface area (Å²) in [4.78, 5) is 31.8. The number of aromatic hydroxyl groups is 1. The summed E-state index contributed by atoms with van der Waals surface area (Å²) in [6.45, 7) is 8.32. The summed E-state index contributed by atoms with van der Waals surface area (Å²) in [5, 5.41) is 11.2. The number of rotatable bonds is 4. The highest BCUT2D eigenvalue weighted by atomic mass is 35.5. The topological polar surface area (TPSA) is 87.4 Å². The predicted molar refractivity (Wildman–Crippen MR) is 143 cm³/mol. The van der Waals surface area contributed by atoms with Crippen LogP contribution in [-0.4, -0.2) is 62.2 Å². The molecule has 1 saturated heterocycles. The fraction of sp³-hybridized carbons (Fsp3) is 0.333. The predicted octanol–water partition coefficient (Wildman–Crippen LogP) is 4.60. The fourth-order valence-electron chi connectivity index (χ4n) is 4.96. The molecule has 10 heteroatoms. The Morgan fingerprint density at radius 3 is 2.65 bits per heavy atom. The average molecular weight is 523 g/mol. The number of hydrogen-bond donors (Lipinski definition) is 1. The van der Waals surface area contributed by atoms with Crippen molar-refractivity contribution >= 4 is 28.5 Å². The van der Waals surface area contributed by atoms with Gasteiger partial charge in [-0.25, -0.2) is 18.7 Å². The maximum atomic E-state index is 14.9. The van der Waals surface area contributed by atoms with Crippen LogP contribution in [0.3, 0.4) is 0 Å². The van der Waals surface area contributed by atoms with E-state index in [1.54, 1.807) is 24.4 Å². The highest BCUT2D eigenvalue weighted by Gasteiger charge is 2.28. The molecule has 0 spiro atoms. The van der Waals surface area contributed by atoms with Gasteiger partial charge in [-0.1, -0.05) is 31.5 Å². The summed E-state index contributed by atoms with van der Waals surface area (Å²) in [7, 11) is 2.05. The van der Waals surface area contributed by atoms with Crippen LogP contribution < -0.4 is 10.6 Å². The zero-order chi connectivity index (χ0) is 26.4. The molecule has 192 valence electrons. The zero-order valence-electron chi connectivity index (χ0n) is 21.1. The number of benzene rings is 1. The van der Waals surface area contributed by atoms with Crippen molar-refractivity contribution in [3.05, 3.63) is 69.6 Å². The zero-order valence-corrected chi connectivity index (χ0v) is 21.9. The van der Waals surface area contributed by atoms with E-state index in [4.69, 9.17) is 16.6 Å². The minimum Gasteiger partial charge on any atom is -0.507 e. The minimum atomic E-state index is -0.672. The second-order valence-electron chi connectivity index (χ2n) is 9.74. The van der Waals surface area contributed by atoms with E-state index in [9.17, 15) is 14.3 Å². The molecular weight excluding hydrogens is 495 g/mol. The van der Waals surface area contributed by atoms with E-state index in [1.807, 2.05) is 13.8 Å². The third-order valence-electron chi connectivity index (χ3n) is 6.74. The number of phenolic OH excluding ortho intramolecular Hbond substituents is 1. The monoisotopic (exact) mass is 522 g/mol. The van der Waals surface area contributed by atoms with Crippen LogP contribution in [0.15, 0.2) is 47.4 Å². The normalized spacial score (nSPS) is 16.6. The molecule has 37 heavy (non-hydrogen) atoms. The number of nitrogens with zero attached hydrogens (tertiary/aromatic N) is 6. The molecule has 1 N–H and O–H groups in total. The molecule has 8 nitrogen and oxygen atoms in total. The van der Waals surface area contributed by atoms with Crippen molar-refractivity contribution in [3.63, 3.8) is 0 Å². The maximum Gasteiger partial charge on any atom is 0.355 e. The first-order chi connectivity index (χ1) is 17.7. The van der Waals surface area contributed by atoms with E-state index < -0.39 is 11.5 Å². The molecular formula is C27H28ClFN6O2. The molecule has 1 aliphatic rings. The van der Waals surface area contributed by atoms with Crippen LogP contribution in [0.5, 0.6) is 5.75 Å². The van der Waals surface area contributed by atoms with E-state index in [0.29, 0.717) is 29.1 Å². The number of pyridine rings is 2. The van der Waals surface area contributed by atoms with Crippen LogP contribution in [0.2, 0.25) is 5.02 Å². The van der Waals surface area contributed by atoms with Crippen LogP contribution in [0.1, 0.15) is 32.4 Å². The molecule has 1 fully saturated rings. The van der Waals surface area contributed by atoms with Gasteiger partial charge in [-0.05, 0) is 50.2 Å². The lowest BCUT2D eigenvalue weighted by Crippen LogP contribution is -2.51. The van der Waals surface area contributed by atoms with Crippen molar-refractivity contribution in [1.82, 2.24) is 24.4 Å². The molecule has 1 unspecified atom stereocenters. The second kappa shape index (κ2) is 9.72. The van der Waals surface area contributed by atoms with Crippen LogP contribution in [0, 0.1) is 5.82 Å². The maximum absolute atomic E-state index is 14.9. The van der Waals surface area contributed by atoms with Crippen molar-refractivity contribution < 1.29 is 9.50 Å². The van der Waals surface area contributed by atoms with E-state index in [-0.39, 0.29) is 39.6 Å². The van der Waals surface area contributed by atoms with Crippen LogP contribution in [0.25, 0.3) is 28.0 Å². The van der Waals surface area contributed by atoms with Crippen LogP contribution >= 0.6 is 11.6 Å². The van der Waals surface area contributed by atoms with Gasteiger partial charge in [-0.2, -0.15) is 4.98 Å². The summed E-state index contributed by atoms with van der Waals surface area (Å²) < 4.78 is 16.3. The first-order valence-electron chi connectivity index (χ1n) is 12.2. The number of fused-ring (bicyclic) bond motifs is 1. The first kappa shape index (κ1) is 25.1. The van der Waals surface area contributed by atoms with Gasteiger partial charge in [0.15, 0.2) is 5.65 Å².